The van der Waals surface area contributed by atoms with Gasteiger partial charge >= 0.3 is 0 Å². The molecule has 0 fully saturated rings. The van der Waals surface area contributed by atoms with E-state index < -0.39 is 0 Å². The fourth-order valence-corrected chi connectivity index (χ4v) is 2.25. The maximum absolute atomic E-state index is 8.36. The Morgan fingerprint density at radius 2 is 2.00 bits per heavy atom. The Kier molecular flexibility index (Phi) is 2.70. The van der Waals surface area contributed by atoms with Gasteiger partial charge in [0.05, 0.1) is 0 Å². The largest absolute Gasteiger partial charge is 0.311 e. The molecule has 0 spiro atoms. The number of benzene rings is 1. The van der Waals surface area contributed by atoms with E-state index in [2.05, 4.69) is 24.8 Å². The summed E-state index contributed by atoms with van der Waals surface area (Å²) in [5.41, 5.74) is 9.98. The van der Waals surface area contributed by atoms with Crippen molar-refractivity contribution in [3.05, 3.63) is 40.5 Å². The number of aromatic nitrogens is 3. The Morgan fingerprint density at radius 3 is 2.78 bits per heavy atom. The summed E-state index contributed by atoms with van der Waals surface area (Å²) < 4.78 is 2.17. The summed E-state index contributed by atoms with van der Waals surface area (Å²) in [7, 11) is 0. The lowest BCUT2D eigenvalue weighted by Crippen LogP contribution is -2.11. The average Bonchev–Trinajstić information content (AvgIpc) is 2.84. The number of hydrogen-bond donors (Lipinski definition) is 0. The lowest BCUT2D eigenvalue weighted by molar-refractivity contribution is 0.526. The van der Waals surface area contributed by atoms with Crippen LogP contribution in [0.25, 0.3) is 21.8 Å². The molecule has 1 aromatic carbocycles. The highest BCUT2D eigenvalue weighted by atomic mass is 15.3. The third-order valence-electron chi connectivity index (χ3n) is 3.15. The minimum atomic E-state index is 0.611. The third-order valence-corrected chi connectivity index (χ3v) is 3.15. The summed E-state index contributed by atoms with van der Waals surface area (Å²) in [6.45, 7) is 0.982. The van der Waals surface area contributed by atoms with E-state index in [1.165, 1.54) is 12.8 Å². The number of rotatable bonds is 2. The summed E-state index contributed by atoms with van der Waals surface area (Å²) in [5.74, 6) is 1.97. The Hall–Kier alpha value is -2.33. The van der Waals surface area contributed by atoms with Gasteiger partial charge in [-0.3, -0.25) is 0 Å². The summed E-state index contributed by atoms with van der Waals surface area (Å²) in [6.07, 6.45) is 3.37. The zero-order valence-corrected chi connectivity index (χ0v) is 9.82. The first-order valence-electron chi connectivity index (χ1n) is 5.96. The van der Waals surface area contributed by atoms with E-state index in [4.69, 9.17) is 5.53 Å². The van der Waals surface area contributed by atoms with E-state index in [-0.39, 0.29) is 0 Å². The van der Waals surface area contributed by atoms with Gasteiger partial charge in [-0.05, 0) is 18.4 Å². The van der Waals surface area contributed by atoms with E-state index in [1.54, 1.807) is 12.1 Å². The quantitative estimate of drug-likeness (QED) is 0.459. The molecule has 90 valence electrons. The number of aryl methyl sites for hydroxylation is 1. The number of fused-ring (bicyclic) bond motifs is 1. The van der Waals surface area contributed by atoms with Crippen molar-refractivity contribution in [3.8, 4) is 11.4 Å². The molecule has 0 radical (unpaired) electrons. The van der Waals surface area contributed by atoms with Crippen LogP contribution in [-0.2, 0) is 13.0 Å². The topological polar surface area (TPSA) is 79.5 Å². The van der Waals surface area contributed by atoms with Crippen molar-refractivity contribution in [2.75, 3.05) is 0 Å². The molecular weight excluding hydrogens is 228 g/mol. The van der Waals surface area contributed by atoms with Crippen LogP contribution in [0.1, 0.15) is 18.7 Å². The van der Waals surface area contributed by atoms with Crippen LogP contribution in [0.2, 0.25) is 0 Å². The Morgan fingerprint density at radius 1 is 1.17 bits per heavy atom. The van der Waals surface area contributed by atoms with Crippen molar-refractivity contribution in [1.82, 2.24) is 14.8 Å². The average molecular weight is 240 g/mol. The van der Waals surface area contributed by atoms with Gasteiger partial charge in [0.15, 0.2) is 5.82 Å². The van der Waals surface area contributed by atoms with Gasteiger partial charge in [0.2, 0.25) is 0 Å². The normalized spacial score (nSPS) is 13.8. The second-order valence-corrected chi connectivity index (χ2v) is 4.28. The molecule has 0 aliphatic carbocycles. The van der Waals surface area contributed by atoms with Crippen LogP contribution in [0, 0.1) is 0 Å². The predicted molar refractivity (Wildman–Crippen MR) is 67.2 cm³/mol. The van der Waals surface area contributed by atoms with Crippen molar-refractivity contribution in [1.29, 1.82) is 0 Å². The van der Waals surface area contributed by atoms with Crippen LogP contribution in [0.4, 0.5) is 5.69 Å². The molecule has 0 bridgehead atoms. The first-order valence-corrected chi connectivity index (χ1v) is 5.96. The second-order valence-electron chi connectivity index (χ2n) is 4.28. The summed E-state index contributed by atoms with van der Waals surface area (Å²) in [4.78, 5) is 2.76. The molecule has 1 aliphatic heterocycles. The maximum Gasteiger partial charge on any atom is 0.163 e. The molecule has 2 aromatic rings. The minimum Gasteiger partial charge on any atom is -0.311 e. The molecule has 0 saturated carbocycles. The van der Waals surface area contributed by atoms with Crippen molar-refractivity contribution >= 4 is 5.69 Å². The molecular formula is C12H12N6. The standard InChI is InChI=1S/C12H12N6/c13-17-14-10-6-4-9(5-7-10)12-16-15-11-3-1-2-8-18(11)12/h4-7H,1-3,8H2. The molecule has 6 nitrogen and oxygen atoms in total. The SMILES string of the molecule is [N-]=[N+]=Nc1ccc(-c2nnc3n2CCCC3)cc1. The highest BCUT2D eigenvalue weighted by molar-refractivity contribution is 5.58. The monoisotopic (exact) mass is 240 g/mol. The highest BCUT2D eigenvalue weighted by Crippen LogP contribution is 2.24. The fraction of sp³-hybridized carbons (Fsp3) is 0.333. The van der Waals surface area contributed by atoms with E-state index in [9.17, 15) is 0 Å². The van der Waals surface area contributed by atoms with Crippen LogP contribution in [0.5, 0.6) is 0 Å². The molecule has 0 atom stereocenters. The molecule has 0 amide bonds. The zero-order chi connectivity index (χ0) is 12.4. The minimum absolute atomic E-state index is 0.611. The van der Waals surface area contributed by atoms with Gasteiger partial charge < -0.3 is 4.57 Å². The van der Waals surface area contributed by atoms with Crippen LogP contribution >= 0.6 is 0 Å². The molecule has 3 rings (SSSR count). The van der Waals surface area contributed by atoms with Gasteiger partial charge in [0, 0.05) is 29.1 Å². The maximum atomic E-state index is 8.36. The van der Waals surface area contributed by atoms with Gasteiger partial charge in [0.1, 0.15) is 5.82 Å². The van der Waals surface area contributed by atoms with Gasteiger partial charge in [-0.25, -0.2) is 0 Å². The van der Waals surface area contributed by atoms with E-state index in [1.807, 2.05) is 12.1 Å². The second kappa shape index (κ2) is 4.50. The predicted octanol–water partition coefficient (Wildman–Crippen LogP) is 3.22. The van der Waals surface area contributed by atoms with E-state index in [0.717, 1.165) is 30.2 Å². The molecule has 1 aliphatic rings. The summed E-state index contributed by atoms with van der Waals surface area (Å²) >= 11 is 0. The molecule has 0 unspecified atom stereocenters. The Labute approximate surface area is 104 Å². The van der Waals surface area contributed by atoms with Crippen molar-refractivity contribution in [3.63, 3.8) is 0 Å². The molecule has 18 heavy (non-hydrogen) atoms. The Balaban J connectivity index is 1.99. The first-order chi connectivity index (χ1) is 8.88. The van der Waals surface area contributed by atoms with Gasteiger partial charge in [-0.1, -0.05) is 29.4 Å². The lowest BCUT2D eigenvalue weighted by Gasteiger charge is -2.14. The van der Waals surface area contributed by atoms with Gasteiger partial charge in [0.25, 0.3) is 0 Å². The number of hydrogen-bond acceptors (Lipinski definition) is 3. The zero-order valence-electron chi connectivity index (χ0n) is 9.82. The number of azide groups is 1. The van der Waals surface area contributed by atoms with Crippen LogP contribution in [0.3, 0.4) is 0 Å². The highest BCUT2D eigenvalue weighted by Gasteiger charge is 2.16. The first kappa shape index (κ1) is 10.8. The van der Waals surface area contributed by atoms with E-state index in [0.29, 0.717) is 5.69 Å². The smallest absolute Gasteiger partial charge is 0.163 e. The van der Waals surface area contributed by atoms with Crippen molar-refractivity contribution in [2.24, 2.45) is 5.11 Å². The van der Waals surface area contributed by atoms with Gasteiger partial charge in [-0.2, -0.15) is 0 Å². The third kappa shape index (κ3) is 1.83. The number of nitrogens with zero attached hydrogens (tertiary/aromatic N) is 6. The van der Waals surface area contributed by atoms with Crippen molar-refractivity contribution < 1.29 is 0 Å². The summed E-state index contributed by atoms with van der Waals surface area (Å²) in [6, 6.07) is 7.41. The molecule has 0 saturated heterocycles. The molecule has 6 heteroatoms. The molecule has 1 aromatic heterocycles. The molecule has 0 N–H and O–H groups in total. The van der Waals surface area contributed by atoms with Gasteiger partial charge in [-0.15, -0.1) is 10.2 Å². The van der Waals surface area contributed by atoms with Crippen LogP contribution < -0.4 is 0 Å². The van der Waals surface area contributed by atoms with Crippen LogP contribution in [-0.4, -0.2) is 14.8 Å². The Bertz CT molecular complexity index is 606. The van der Waals surface area contributed by atoms with Crippen LogP contribution in [0.15, 0.2) is 29.4 Å². The molecule has 2 heterocycles. The lowest BCUT2D eigenvalue weighted by atomic mass is 10.1. The summed E-state index contributed by atoms with van der Waals surface area (Å²) in [5, 5.41) is 12.0. The fourth-order valence-electron chi connectivity index (χ4n) is 2.25. The van der Waals surface area contributed by atoms with Crippen molar-refractivity contribution in [2.45, 2.75) is 25.8 Å². The van der Waals surface area contributed by atoms with E-state index >= 15 is 0 Å².